The lowest BCUT2D eigenvalue weighted by molar-refractivity contribution is 0.740. The molecule has 1 aromatic carbocycles. The quantitative estimate of drug-likeness (QED) is 0.832. The van der Waals surface area contributed by atoms with Crippen molar-refractivity contribution in [3.63, 3.8) is 0 Å². The van der Waals surface area contributed by atoms with Gasteiger partial charge in [0.05, 0.1) is 17.6 Å². The highest BCUT2D eigenvalue weighted by Crippen LogP contribution is 2.23. The summed E-state index contributed by atoms with van der Waals surface area (Å²) in [6.07, 6.45) is 1.74. The predicted molar refractivity (Wildman–Crippen MR) is 84.0 cm³/mol. The molecule has 4 nitrogen and oxygen atoms in total. The van der Waals surface area contributed by atoms with Crippen LogP contribution >= 0.6 is 23.8 Å². The van der Waals surface area contributed by atoms with Crippen LogP contribution in [-0.2, 0) is 7.05 Å². The molecule has 2 N–H and O–H groups in total. The van der Waals surface area contributed by atoms with E-state index in [1.54, 1.807) is 10.9 Å². The smallest absolute Gasteiger partial charge is 0.175 e. The number of halogens is 1. The standard InChI is InChI=1S/C13H15ClN4S/c1-8-10(14)5-4-6-11(8)16-13(19)17-12-7-15-18(3)9(12)2/h4-7H,1-3H3,(H2,16,17,19). The van der Waals surface area contributed by atoms with Gasteiger partial charge in [-0.2, -0.15) is 5.10 Å². The lowest BCUT2D eigenvalue weighted by Gasteiger charge is -2.12. The Balaban J connectivity index is 2.10. The maximum atomic E-state index is 6.07. The van der Waals surface area contributed by atoms with Gasteiger partial charge in [-0.25, -0.2) is 0 Å². The Labute approximate surface area is 122 Å². The maximum absolute atomic E-state index is 6.07. The summed E-state index contributed by atoms with van der Waals surface area (Å²) < 4.78 is 1.79. The summed E-state index contributed by atoms with van der Waals surface area (Å²) in [5.74, 6) is 0. The number of thiocarbonyl (C=S) groups is 1. The molecule has 1 aromatic heterocycles. The molecule has 0 aliphatic heterocycles. The molecule has 0 aliphatic rings. The van der Waals surface area contributed by atoms with Crippen LogP contribution < -0.4 is 10.6 Å². The van der Waals surface area contributed by atoms with E-state index in [2.05, 4.69) is 15.7 Å². The van der Waals surface area contributed by atoms with Crippen LogP contribution in [0, 0.1) is 13.8 Å². The van der Waals surface area contributed by atoms with Crippen molar-refractivity contribution in [2.75, 3.05) is 10.6 Å². The number of nitrogens with one attached hydrogen (secondary N) is 2. The fourth-order valence-electron chi connectivity index (χ4n) is 1.64. The summed E-state index contributed by atoms with van der Waals surface area (Å²) in [5.41, 5.74) is 3.77. The zero-order chi connectivity index (χ0) is 14.0. The fourth-order valence-corrected chi connectivity index (χ4v) is 2.03. The van der Waals surface area contributed by atoms with E-state index in [4.69, 9.17) is 23.8 Å². The molecule has 0 spiro atoms. The molecule has 0 amide bonds. The first-order chi connectivity index (χ1) is 8.99. The molecule has 0 fully saturated rings. The molecule has 0 unspecified atom stereocenters. The lowest BCUT2D eigenvalue weighted by Crippen LogP contribution is -2.20. The van der Waals surface area contributed by atoms with E-state index in [0.29, 0.717) is 10.1 Å². The van der Waals surface area contributed by atoms with Gasteiger partial charge in [-0.05, 0) is 43.8 Å². The Kier molecular flexibility index (Phi) is 4.07. The molecule has 0 radical (unpaired) electrons. The number of aryl methyl sites for hydroxylation is 1. The van der Waals surface area contributed by atoms with Crippen molar-refractivity contribution in [2.24, 2.45) is 7.05 Å². The molecule has 6 heteroatoms. The first kappa shape index (κ1) is 13.8. The van der Waals surface area contributed by atoms with Crippen molar-refractivity contribution in [3.05, 3.63) is 40.7 Å². The van der Waals surface area contributed by atoms with E-state index < -0.39 is 0 Å². The Morgan fingerprint density at radius 3 is 2.58 bits per heavy atom. The average molecular weight is 295 g/mol. The van der Waals surface area contributed by atoms with Crippen LogP contribution in [0.25, 0.3) is 0 Å². The SMILES string of the molecule is Cc1c(Cl)cccc1NC(=S)Nc1cnn(C)c1C. The minimum Gasteiger partial charge on any atom is -0.332 e. The Morgan fingerprint density at radius 1 is 1.26 bits per heavy atom. The van der Waals surface area contributed by atoms with E-state index in [9.17, 15) is 0 Å². The molecule has 19 heavy (non-hydrogen) atoms. The van der Waals surface area contributed by atoms with E-state index in [1.807, 2.05) is 39.1 Å². The van der Waals surface area contributed by atoms with Crippen LogP contribution in [0.3, 0.4) is 0 Å². The number of anilines is 2. The van der Waals surface area contributed by atoms with Gasteiger partial charge in [0.25, 0.3) is 0 Å². The zero-order valence-corrected chi connectivity index (χ0v) is 12.6. The van der Waals surface area contributed by atoms with Crippen molar-refractivity contribution in [3.8, 4) is 0 Å². The van der Waals surface area contributed by atoms with Crippen LogP contribution in [-0.4, -0.2) is 14.9 Å². The zero-order valence-electron chi connectivity index (χ0n) is 11.0. The Bertz CT molecular complexity index is 621. The number of rotatable bonds is 2. The molecule has 1 heterocycles. The summed E-state index contributed by atoms with van der Waals surface area (Å²) in [5, 5.41) is 11.6. The topological polar surface area (TPSA) is 41.9 Å². The van der Waals surface area contributed by atoms with Gasteiger partial charge in [-0.15, -0.1) is 0 Å². The molecular formula is C13H15ClN4S. The van der Waals surface area contributed by atoms with Gasteiger partial charge in [-0.3, -0.25) is 4.68 Å². The normalized spacial score (nSPS) is 10.3. The molecule has 0 saturated heterocycles. The molecule has 0 saturated carbocycles. The third-order valence-corrected chi connectivity index (χ3v) is 3.61. The van der Waals surface area contributed by atoms with Gasteiger partial charge in [0.1, 0.15) is 0 Å². The van der Waals surface area contributed by atoms with E-state index >= 15 is 0 Å². The predicted octanol–water partition coefficient (Wildman–Crippen LogP) is 3.50. The highest BCUT2D eigenvalue weighted by molar-refractivity contribution is 7.80. The van der Waals surface area contributed by atoms with Crippen LogP contribution in [0.15, 0.2) is 24.4 Å². The first-order valence-electron chi connectivity index (χ1n) is 5.80. The average Bonchev–Trinajstić information content (AvgIpc) is 2.67. The molecule has 0 bridgehead atoms. The molecule has 0 atom stereocenters. The van der Waals surface area contributed by atoms with E-state index in [1.165, 1.54) is 0 Å². The van der Waals surface area contributed by atoms with Crippen LogP contribution in [0.4, 0.5) is 11.4 Å². The second-order valence-electron chi connectivity index (χ2n) is 4.26. The van der Waals surface area contributed by atoms with Gasteiger partial charge in [-0.1, -0.05) is 17.7 Å². The number of nitrogens with zero attached hydrogens (tertiary/aromatic N) is 2. The number of aromatic nitrogens is 2. The van der Waals surface area contributed by atoms with Crippen LogP contribution in [0.1, 0.15) is 11.3 Å². The highest BCUT2D eigenvalue weighted by atomic mass is 35.5. The minimum absolute atomic E-state index is 0.515. The monoisotopic (exact) mass is 294 g/mol. The maximum Gasteiger partial charge on any atom is 0.175 e. The van der Waals surface area contributed by atoms with Gasteiger partial charge in [0.15, 0.2) is 5.11 Å². The second kappa shape index (κ2) is 5.59. The molecule has 2 aromatic rings. The van der Waals surface area contributed by atoms with Crippen molar-refractivity contribution in [1.29, 1.82) is 0 Å². The Morgan fingerprint density at radius 2 is 1.95 bits per heavy atom. The summed E-state index contributed by atoms with van der Waals surface area (Å²) in [4.78, 5) is 0. The number of hydrogen-bond donors (Lipinski definition) is 2. The molecule has 2 rings (SSSR count). The van der Waals surface area contributed by atoms with Crippen molar-refractivity contribution in [1.82, 2.24) is 9.78 Å². The van der Waals surface area contributed by atoms with Crippen molar-refractivity contribution < 1.29 is 0 Å². The summed E-state index contributed by atoms with van der Waals surface area (Å²) >= 11 is 11.4. The Hall–Kier alpha value is -1.59. The molecule has 0 aliphatic carbocycles. The van der Waals surface area contributed by atoms with Gasteiger partial charge >= 0.3 is 0 Å². The van der Waals surface area contributed by atoms with Gasteiger partial charge < -0.3 is 10.6 Å². The number of benzene rings is 1. The second-order valence-corrected chi connectivity index (χ2v) is 5.07. The molecular weight excluding hydrogens is 280 g/mol. The first-order valence-corrected chi connectivity index (χ1v) is 6.59. The van der Waals surface area contributed by atoms with E-state index in [0.717, 1.165) is 22.6 Å². The van der Waals surface area contributed by atoms with Crippen molar-refractivity contribution in [2.45, 2.75) is 13.8 Å². The largest absolute Gasteiger partial charge is 0.332 e. The van der Waals surface area contributed by atoms with Gasteiger partial charge in [0, 0.05) is 17.8 Å². The van der Waals surface area contributed by atoms with Crippen LogP contribution in [0.2, 0.25) is 5.02 Å². The minimum atomic E-state index is 0.515. The summed E-state index contributed by atoms with van der Waals surface area (Å²) in [7, 11) is 1.89. The van der Waals surface area contributed by atoms with E-state index in [-0.39, 0.29) is 0 Å². The summed E-state index contributed by atoms with van der Waals surface area (Å²) in [6, 6.07) is 5.67. The van der Waals surface area contributed by atoms with Gasteiger partial charge in [0.2, 0.25) is 0 Å². The lowest BCUT2D eigenvalue weighted by atomic mass is 10.2. The molecule has 100 valence electrons. The van der Waals surface area contributed by atoms with Crippen molar-refractivity contribution >= 4 is 40.3 Å². The third kappa shape index (κ3) is 3.05. The summed E-state index contributed by atoms with van der Waals surface area (Å²) in [6.45, 7) is 3.92. The third-order valence-electron chi connectivity index (χ3n) is 3.00. The fraction of sp³-hybridized carbons (Fsp3) is 0.231. The number of hydrogen-bond acceptors (Lipinski definition) is 2. The highest BCUT2D eigenvalue weighted by Gasteiger charge is 2.07. The van der Waals surface area contributed by atoms with Crippen LogP contribution in [0.5, 0.6) is 0 Å².